The molecule has 0 unspecified atom stereocenters. The number of nitrogens with zero attached hydrogens (tertiary/aromatic N) is 1. The Balaban J connectivity index is 1.73. The molecule has 2 aromatic rings. The predicted molar refractivity (Wildman–Crippen MR) is 95.6 cm³/mol. The van der Waals surface area contributed by atoms with Crippen molar-refractivity contribution in [3.63, 3.8) is 0 Å². The lowest BCUT2D eigenvalue weighted by Gasteiger charge is -2.24. The van der Waals surface area contributed by atoms with Gasteiger partial charge in [0, 0.05) is 4.88 Å². The number of anilines is 2. The fourth-order valence-electron chi connectivity index (χ4n) is 3.05. The number of rotatable bonds is 4. The lowest BCUT2D eigenvalue weighted by atomic mass is 9.90. The second-order valence-electron chi connectivity index (χ2n) is 6.14. The Kier molecular flexibility index (Phi) is 5.34. The van der Waals surface area contributed by atoms with Crippen molar-refractivity contribution in [3.8, 4) is 0 Å². The first-order valence-electron chi connectivity index (χ1n) is 8.32. The van der Waals surface area contributed by atoms with Gasteiger partial charge in [0.15, 0.2) is 0 Å². The fourth-order valence-corrected chi connectivity index (χ4v) is 3.92. The topological polar surface area (TPSA) is 29.5 Å². The third-order valence-corrected chi connectivity index (χ3v) is 5.30. The molecule has 1 saturated carbocycles. The zero-order valence-corrected chi connectivity index (χ0v) is 14.3. The molecule has 0 bridgehead atoms. The van der Waals surface area contributed by atoms with Crippen LogP contribution < -0.4 is 4.90 Å². The second kappa shape index (κ2) is 7.64. The Hall–Kier alpha value is -1.81. The molecule has 1 aliphatic carbocycles. The Bertz CT molecular complexity index is 632. The minimum Gasteiger partial charge on any atom is -0.449 e. The number of hydrogen-bond acceptors (Lipinski definition) is 3. The highest BCUT2D eigenvalue weighted by atomic mass is 32.1. The SMILES string of the molecule is Cc1ccc(N(C(=O)OCC2CCCCC2)c2ccccc2)s1. The highest BCUT2D eigenvalue weighted by Gasteiger charge is 2.23. The Labute approximate surface area is 141 Å². The molecule has 1 aromatic carbocycles. The second-order valence-corrected chi connectivity index (χ2v) is 7.40. The maximum atomic E-state index is 12.7. The summed E-state index contributed by atoms with van der Waals surface area (Å²) in [6, 6.07) is 13.7. The molecular weight excluding hydrogens is 306 g/mol. The molecule has 1 fully saturated rings. The minimum absolute atomic E-state index is 0.274. The number of carbonyl (C=O) groups excluding carboxylic acids is 1. The molecule has 0 aliphatic heterocycles. The zero-order valence-electron chi connectivity index (χ0n) is 13.5. The maximum absolute atomic E-state index is 12.7. The van der Waals surface area contributed by atoms with E-state index in [-0.39, 0.29) is 6.09 Å². The van der Waals surface area contributed by atoms with Crippen LogP contribution in [0.1, 0.15) is 37.0 Å². The van der Waals surface area contributed by atoms with Crippen molar-refractivity contribution in [1.82, 2.24) is 0 Å². The molecule has 3 rings (SSSR count). The van der Waals surface area contributed by atoms with Crippen LogP contribution in [0.4, 0.5) is 15.5 Å². The van der Waals surface area contributed by atoms with Crippen LogP contribution in [0.2, 0.25) is 0 Å². The van der Waals surface area contributed by atoms with Gasteiger partial charge in [0.25, 0.3) is 0 Å². The van der Waals surface area contributed by atoms with Crippen molar-refractivity contribution in [3.05, 3.63) is 47.3 Å². The van der Waals surface area contributed by atoms with E-state index in [0.717, 1.165) is 10.7 Å². The van der Waals surface area contributed by atoms with Gasteiger partial charge < -0.3 is 4.74 Å². The summed E-state index contributed by atoms with van der Waals surface area (Å²) in [4.78, 5) is 15.6. The van der Waals surface area contributed by atoms with Crippen molar-refractivity contribution in [2.45, 2.75) is 39.0 Å². The van der Waals surface area contributed by atoms with E-state index in [4.69, 9.17) is 4.74 Å². The monoisotopic (exact) mass is 329 g/mol. The van der Waals surface area contributed by atoms with Gasteiger partial charge in [0.2, 0.25) is 0 Å². The first-order valence-corrected chi connectivity index (χ1v) is 9.14. The number of para-hydroxylation sites is 1. The Morgan fingerprint density at radius 1 is 1.13 bits per heavy atom. The van der Waals surface area contributed by atoms with Gasteiger partial charge in [-0.25, -0.2) is 9.69 Å². The molecule has 0 atom stereocenters. The molecule has 122 valence electrons. The zero-order chi connectivity index (χ0) is 16.1. The van der Waals surface area contributed by atoms with E-state index in [0.29, 0.717) is 12.5 Å². The van der Waals surface area contributed by atoms with E-state index < -0.39 is 0 Å². The van der Waals surface area contributed by atoms with Crippen LogP contribution in [-0.4, -0.2) is 12.7 Å². The summed E-state index contributed by atoms with van der Waals surface area (Å²) in [5, 5.41) is 0.905. The minimum atomic E-state index is -0.274. The summed E-state index contributed by atoms with van der Waals surface area (Å²) in [7, 11) is 0. The molecule has 1 amide bonds. The van der Waals surface area contributed by atoms with Gasteiger partial charge in [-0.15, -0.1) is 11.3 Å². The van der Waals surface area contributed by atoms with Crippen molar-refractivity contribution < 1.29 is 9.53 Å². The van der Waals surface area contributed by atoms with E-state index in [9.17, 15) is 4.79 Å². The number of ether oxygens (including phenoxy) is 1. The highest BCUT2D eigenvalue weighted by molar-refractivity contribution is 7.16. The third-order valence-electron chi connectivity index (χ3n) is 4.31. The quantitative estimate of drug-likeness (QED) is 0.697. The van der Waals surface area contributed by atoms with Gasteiger partial charge >= 0.3 is 6.09 Å². The predicted octanol–water partition coefficient (Wildman–Crippen LogP) is 5.91. The normalized spacial score (nSPS) is 15.3. The van der Waals surface area contributed by atoms with E-state index in [2.05, 4.69) is 0 Å². The van der Waals surface area contributed by atoms with Gasteiger partial charge in [-0.05, 0) is 49.9 Å². The average Bonchev–Trinajstić information content (AvgIpc) is 3.01. The summed E-state index contributed by atoms with van der Waals surface area (Å²) in [6.45, 7) is 2.58. The van der Waals surface area contributed by atoms with E-state index in [1.165, 1.54) is 37.0 Å². The lowest BCUT2D eigenvalue weighted by molar-refractivity contribution is 0.124. The van der Waals surface area contributed by atoms with Crippen molar-refractivity contribution >= 4 is 28.1 Å². The molecule has 23 heavy (non-hydrogen) atoms. The van der Waals surface area contributed by atoms with Gasteiger partial charge in [-0.1, -0.05) is 37.5 Å². The molecule has 0 saturated heterocycles. The van der Waals surface area contributed by atoms with Gasteiger partial charge in [-0.2, -0.15) is 0 Å². The number of aryl methyl sites for hydroxylation is 1. The molecule has 1 heterocycles. The number of carbonyl (C=O) groups is 1. The summed E-state index contributed by atoms with van der Waals surface area (Å²) in [5.41, 5.74) is 0.850. The molecule has 3 nitrogen and oxygen atoms in total. The number of hydrogen-bond donors (Lipinski definition) is 0. The summed E-state index contributed by atoms with van der Waals surface area (Å²) in [5.74, 6) is 0.524. The Morgan fingerprint density at radius 3 is 2.52 bits per heavy atom. The van der Waals surface area contributed by atoms with Crippen LogP contribution in [0, 0.1) is 12.8 Å². The van der Waals surface area contributed by atoms with Gasteiger partial charge in [0.05, 0.1) is 12.3 Å². The number of amides is 1. The van der Waals surface area contributed by atoms with Gasteiger partial charge in [-0.3, -0.25) is 0 Å². The molecule has 1 aromatic heterocycles. The summed E-state index contributed by atoms with van der Waals surface area (Å²) < 4.78 is 5.66. The lowest BCUT2D eigenvalue weighted by Crippen LogP contribution is -2.28. The van der Waals surface area contributed by atoms with E-state index in [1.54, 1.807) is 16.2 Å². The van der Waals surface area contributed by atoms with Crippen LogP contribution in [0.25, 0.3) is 0 Å². The van der Waals surface area contributed by atoms with E-state index >= 15 is 0 Å². The van der Waals surface area contributed by atoms with Crippen LogP contribution in [0.15, 0.2) is 42.5 Å². The van der Waals surface area contributed by atoms with Crippen molar-refractivity contribution in [2.75, 3.05) is 11.5 Å². The molecule has 4 heteroatoms. The van der Waals surface area contributed by atoms with Gasteiger partial charge in [0.1, 0.15) is 5.00 Å². The molecule has 0 radical (unpaired) electrons. The number of benzene rings is 1. The first kappa shape index (κ1) is 16.1. The first-order chi connectivity index (χ1) is 11.2. The van der Waals surface area contributed by atoms with E-state index in [1.807, 2.05) is 49.4 Å². The molecule has 0 spiro atoms. The van der Waals surface area contributed by atoms with Crippen LogP contribution >= 0.6 is 11.3 Å². The third kappa shape index (κ3) is 4.14. The smallest absolute Gasteiger partial charge is 0.419 e. The summed E-state index contributed by atoms with van der Waals surface area (Å²) >= 11 is 1.61. The fraction of sp³-hybridized carbons (Fsp3) is 0.421. The van der Waals surface area contributed by atoms with Crippen LogP contribution in [0.3, 0.4) is 0 Å². The molecule has 0 N–H and O–H groups in total. The van der Waals surface area contributed by atoms with Crippen molar-refractivity contribution in [1.29, 1.82) is 0 Å². The highest BCUT2D eigenvalue weighted by Crippen LogP contribution is 2.33. The average molecular weight is 329 g/mol. The molecular formula is C19H23NO2S. The summed E-state index contributed by atoms with van der Waals surface area (Å²) in [6.07, 6.45) is 5.91. The van der Waals surface area contributed by atoms with Crippen molar-refractivity contribution in [2.24, 2.45) is 5.92 Å². The maximum Gasteiger partial charge on any atom is 0.419 e. The van der Waals surface area contributed by atoms with Crippen LogP contribution in [0.5, 0.6) is 0 Å². The Morgan fingerprint density at radius 2 is 1.87 bits per heavy atom. The largest absolute Gasteiger partial charge is 0.449 e. The van der Waals surface area contributed by atoms with Crippen LogP contribution in [-0.2, 0) is 4.74 Å². The molecule has 1 aliphatic rings. The standard InChI is InChI=1S/C19H23NO2S/c1-15-12-13-18(23-15)20(17-10-6-3-7-11-17)19(21)22-14-16-8-4-2-5-9-16/h3,6-7,10-13,16H,2,4-5,8-9,14H2,1H3. The number of thiophene rings is 1.